The van der Waals surface area contributed by atoms with Gasteiger partial charge in [0.05, 0.1) is 24.8 Å². The van der Waals surface area contributed by atoms with Gasteiger partial charge in [0.25, 0.3) is 0 Å². The van der Waals surface area contributed by atoms with Crippen LogP contribution in [0.4, 0.5) is 0 Å². The molecule has 6 nitrogen and oxygen atoms in total. The average Bonchev–Trinajstić information content (AvgIpc) is 2.20. The van der Waals surface area contributed by atoms with E-state index in [9.17, 15) is 4.79 Å². The van der Waals surface area contributed by atoms with Crippen molar-refractivity contribution in [3.63, 3.8) is 0 Å². The Morgan fingerprint density at radius 2 is 2.00 bits per heavy atom. The van der Waals surface area contributed by atoms with E-state index in [1.807, 2.05) is 6.92 Å². The van der Waals surface area contributed by atoms with Gasteiger partial charge < -0.3 is 27.0 Å². The largest absolute Gasteiger partial charge is 0.394 e. The van der Waals surface area contributed by atoms with Crippen LogP contribution >= 0.6 is 0 Å². The molecular formula is C8H19N3O3. The third kappa shape index (κ3) is 3.59. The number of primary amides is 1. The first-order chi connectivity index (χ1) is 6.51. The summed E-state index contributed by atoms with van der Waals surface area (Å²) in [6, 6.07) is -0.806. The van der Waals surface area contributed by atoms with Crippen molar-refractivity contribution in [3.8, 4) is 0 Å². The zero-order valence-corrected chi connectivity index (χ0v) is 8.36. The maximum absolute atomic E-state index is 10.6. The predicted octanol–water partition coefficient (Wildman–Crippen LogP) is -2.48. The first-order valence-corrected chi connectivity index (χ1v) is 4.53. The third-order valence-electron chi connectivity index (χ3n) is 2.34. The van der Waals surface area contributed by atoms with E-state index in [0.717, 1.165) is 0 Å². The third-order valence-corrected chi connectivity index (χ3v) is 2.34. The summed E-state index contributed by atoms with van der Waals surface area (Å²) in [6.07, 6.45) is 0.533. The van der Waals surface area contributed by atoms with Crippen molar-refractivity contribution >= 4 is 5.91 Å². The maximum Gasteiger partial charge on any atom is 0.235 e. The molecule has 0 fully saturated rings. The molecule has 0 aromatic rings. The van der Waals surface area contributed by atoms with Gasteiger partial charge in [0.15, 0.2) is 0 Å². The summed E-state index contributed by atoms with van der Waals surface area (Å²) in [5, 5.41) is 20.9. The topological polar surface area (TPSA) is 122 Å². The van der Waals surface area contributed by atoms with E-state index in [4.69, 9.17) is 21.7 Å². The van der Waals surface area contributed by atoms with Crippen LogP contribution < -0.4 is 16.8 Å². The fourth-order valence-electron chi connectivity index (χ4n) is 0.937. The molecule has 1 amide bonds. The molecule has 0 spiro atoms. The molecule has 0 heterocycles. The van der Waals surface area contributed by atoms with Gasteiger partial charge in [0, 0.05) is 6.54 Å². The second kappa shape index (κ2) is 5.92. The second-order valence-corrected chi connectivity index (χ2v) is 3.34. The average molecular weight is 205 g/mol. The number of aliphatic hydroxyl groups excluding tert-OH is 2. The number of hydrogen-bond donors (Lipinski definition) is 5. The minimum Gasteiger partial charge on any atom is -0.394 e. The quantitative estimate of drug-likeness (QED) is 0.315. The molecule has 1 atom stereocenters. The molecule has 0 radical (unpaired) electrons. The van der Waals surface area contributed by atoms with Crippen LogP contribution in [0.15, 0.2) is 0 Å². The van der Waals surface area contributed by atoms with E-state index in [1.165, 1.54) is 0 Å². The number of carbonyl (C=O) groups excluding carboxylic acids is 1. The van der Waals surface area contributed by atoms with Gasteiger partial charge in [-0.2, -0.15) is 0 Å². The van der Waals surface area contributed by atoms with E-state index in [1.54, 1.807) is 0 Å². The molecule has 14 heavy (non-hydrogen) atoms. The molecule has 0 aliphatic heterocycles. The van der Waals surface area contributed by atoms with E-state index >= 15 is 0 Å². The number of nitrogens with two attached hydrogens (primary N) is 2. The number of aliphatic hydroxyl groups is 2. The fraction of sp³-hybridized carbons (Fsp3) is 0.875. The highest BCUT2D eigenvalue weighted by molar-refractivity contribution is 5.79. The standard InChI is InChI=1S/C8H19N3O3/c1-2-8(4-12,5-13)11-3-6(9)7(10)14/h6,11-13H,2-5,9H2,1H3,(H2,10,14). The van der Waals surface area contributed by atoms with Gasteiger partial charge >= 0.3 is 0 Å². The summed E-state index contributed by atoms with van der Waals surface area (Å²) in [6.45, 7) is 1.52. The summed E-state index contributed by atoms with van der Waals surface area (Å²) >= 11 is 0. The molecule has 0 bridgehead atoms. The van der Waals surface area contributed by atoms with Crippen molar-refractivity contribution in [1.82, 2.24) is 5.32 Å². The van der Waals surface area contributed by atoms with Crippen molar-refractivity contribution in [1.29, 1.82) is 0 Å². The van der Waals surface area contributed by atoms with Crippen LogP contribution in [0.1, 0.15) is 13.3 Å². The molecule has 0 saturated carbocycles. The Kier molecular flexibility index (Phi) is 5.63. The van der Waals surface area contributed by atoms with Crippen LogP contribution in [0.2, 0.25) is 0 Å². The number of amides is 1. The molecule has 6 heteroatoms. The SMILES string of the molecule is CCC(CO)(CO)NCC(N)C(N)=O. The Morgan fingerprint density at radius 3 is 2.29 bits per heavy atom. The smallest absolute Gasteiger partial charge is 0.235 e. The minimum absolute atomic E-state index is 0.143. The van der Waals surface area contributed by atoms with Crippen LogP contribution in [-0.4, -0.2) is 47.5 Å². The summed E-state index contributed by atoms with van der Waals surface area (Å²) in [5.74, 6) is -0.613. The monoisotopic (exact) mass is 205 g/mol. The predicted molar refractivity (Wildman–Crippen MR) is 52.4 cm³/mol. The molecule has 0 aliphatic rings. The van der Waals surface area contributed by atoms with Gasteiger partial charge in [-0.1, -0.05) is 6.92 Å². The van der Waals surface area contributed by atoms with Crippen molar-refractivity contribution in [2.75, 3.05) is 19.8 Å². The van der Waals surface area contributed by atoms with E-state index in [-0.39, 0.29) is 19.8 Å². The number of rotatable bonds is 7. The van der Waals surface area contributed by atoms with E-state index < -0.39 is 17.5 Å². The fourth-order valence-corrected chi connectivity index (χ4v) is 0.937. The lowest BCUT2D eigenvalue weighted by Crippen LogP contribution is -2.56. The van der Waals surface area contributed by atoms with E-state index in [0.29, 0.717) is 6.42 Å². The lowest BCUT2D eigenvalue weighted by Gasteiger charge is -2.30. The van der Waals surface area contributed by atoms with E-state index in [2.05, 4.69) is 5.32 Å². The van der Waals surface area contributed by atoms with Gasteiger partial charge in [-0.05, 0) is 6.42 Å². The number of carbonyl (C=O) groups is 1. The molecule has 7 N–H and O–H groups in total. The van der Waals surface area contributed by atoms with Gasteiger partial charge in [-0.3, -0.25) is 4.79 Å². The summed E-state index contributed by atoms with van der Waals surface area (Å²) in [4.78, 5) is 10.6. The van der Waals surface area contributed by atoms with Gasteiger partial charge in [-0.25, -0.2) is 0 Å². The highest BCUT2D eigenvalue weighted by atomic mass is 16.3. The second-order valence-electron chi connectivity index (χ2n) is 3.34. The van der Waals surface area contributed by atoms with Crippen LogP contribution in [0.5, 0.6) is 0 Å². The maximum atomic E-state index is 10.6. The Bertz CT molecular complexity index is 174. The lowest BCUT2D eigenvalue weighted by molar-refractivity contribution is -0.119. The molecule has 0 aromatic heterocycles. The summed E-state index contributed by atoms with van der Waals surface area (Å²) in [5.41, 5.74) is 9.56. The van der Waals surface area contributed by atoms with Crippen molar-refractivity contribution in [2.24, 2.45) is 11.5 Å². The van der Waals surface area contributed by atoms with Crippen LogP contribution in [-0.2, 0) is 4.79 Å². The highest BCUT2D eigenvalue weighted by Gasteiger charge is 2.26. The van der Waals surface area contributed by atoms with Gasteiger partial charge in [0.2, 0.25) is 5.91 Å². The molecular weight excluding hydrogens is 186 g/mol. The minimum atomic E-state index is -0.806. The molecule has 0 aromatic carbocycles. The molecule has 1 unspecified atom stereocenters. The van der Waals surface area contributed by atoms with Crippen LogP contribution in [0.3, 0.4) is 0 Å². The van der Waals surface area contributed by atoms with Gasteiger partial charge in [0.1, 0.15) is 0 Å². The Labute approximate surface area is 83.3 Å². The Hall–Kier alpha value is -0.690. The zero-order valence-electron chi connectivity index (χ0n) is 8.36. The molecule has 0 aliphatic carbocycles. The Balaban J connectivity index is 4.12. The van der Waals surface area contributed by atoms with Crippen molar-refractivity contribution in [3.05, 3.63) is 0 Å². The van der Waals surface area contributed by atoms with Crippen molar-refractivity contribution in [2.45, 2.75) is 24.9 Å². The summed E-state index contributed by atoms with van der Waals surface area (Å²) < 4.78 is 0. The zero-order chi connectivity index (χ0) is 11.2. The van der Waals surface area contributed by atoms with Crippen LogP contribution in [0.25, 0.3) is 0 Å². The summed E-state index contributed by atoms with van der Waals surface area (Å²) in [7, 11) is 0. The number of hydrogen-bond acceptors (Lipinski definition) is 5. The molecule has 0 rings (SSSR count). The van der Waals surface area contributed by atoms with Crippen LogP contribution in [0, 0.1) is 0 Å². The molecule has 84 valence electrons. The highest BCUT2D eigenvalue weighted by Crippen LogP contribution is 2.07. The first kappa shape index (κ1) is 13.3. The lowest BCUT2D eigenvalue weighted by atomic mass is 9.98. The number of nitrogens with one attached hydrogen (secondary N) is 1. The first-order valence-electron chi connectivity index (χ1n) is 4.53. The molecule has 0 saturated heterocycles. The van der Waals surface area contributed by atoms with Gasteiger partial charge in [-0.15, -0.1) is 0 Å². The Morgan fingerprint density at radius 1 is 1.50 bits per heavy atom. The normalized spacial score (nSPS) is 14.0. The van der Waals surface area contributed by atoms with Crippen molar-refractivity contribution < 1.29 is 15.0 Å².